The molecule has 11 nitrogen and oxygen atoms in total. The van der Waals surface area contributed by atoms with Crippen LogP contribution in [0.25, 0.3) is 16.5 Å². The standard InChI is InChI=1S/C35H37ClN6O5Si/c1-22-32(48(2,3)46)31(13-15-40-21-26(14-16-43)38-39-40)47-35(22)29-18-25(36)11-12-30(29)41(34(35)45)20-23-7-6-9-27(17-23)42-33(44)28-10-5-4-8-24(28)19-37-42/h4-12,17-19,21-22,31-32,43,46H,13-16,20H2,1-3H3/t22-,31+,32-,35+/m0/s1. The van der Waals surface area contributed by atoms with Gasteiger partial charge in [-0.25, -0.2) is 0 Å². The van der Waals surface area contributed by atoms with Crippen molar-refractivity contribution in [1.82, 2.24) is 24.8 Å². The normalized spacial score (nSPS) is 22.2. The Balaban J connectivity index is 1.22. The second-order valence-corrected chi connectivity index (χ2v) is 17.7. The number of aryl methyl sites for hydroxylation is 1. The van der Waals surface area contributed by atoms with Gasteiger partial charge in [0.1, 0.15) is 0 Å². The Kier molecular flexibility index (Phi) is 8.33. The smallest absolute Gasteiger partial charge is 0.279 e. The second-order valence-electron chi connectivity index (χ2n) is 13.3. The fourth-order valence-corrected chi connectivity index (χ4v) is 10.4. The summed E-state index contributed by atoms with van der Waals surface area (Å²) in [5.41, 5.74) is 1.65. The quantitative estimate of drug-likeness (QED) is 0.215. The van der Waals surface area contributed by atoms with Crippen molar-refractivity contribution >= 4 is 42.3 Å². The second kappa shape index (κ2) is 12.4. The molecule has 248 valence electrons. The highest BCUT2D eigenvalue weighted by atomic mass is 35.5. The summed E-state index contributed by atoms with van der Waals surface area (Å²) in [4.78, 5) is 41.5. The van der Waals surface area contributed by atoms with Crippen LogP contribution in [0.1, 0.15) is 30.2 Å². The summed E-state index contributed by atoms with van der Waals surface area (Å²) in [7, 11) is -2.87. The SMILES string of the molecule is C[C@H]1[C@H]([Si](C)(C)O)[C@@H](CCn2cc(CCO)nn2)O[C@]12C(=O)N(Cc1cccc(-n3ncc4ccccc4c3=O)c1)c1ccc(Cl)cc12. The van der Waals surface area contributed by atoms with Gasteiger partial charge in [0.25, 0.3) is 11.5 Å². The van der Waals surface area contributed by atoms with Gasteiger partial charge >= 0.3 is 0 Å². The number of hydrogen-bond acceptors (Lipinski definition) is 8. The van der Waals surface area contributed by atoms with E-state index in [4.69, 9.17) is 16.3 Å². The fraction of sp³-hybridized carbons (Fsp3) is 0.343. The van der Waals surface area contributed by atoms with Gasteiger partial charge in [-0.2, -0.15) is 9.78 Å². The van der Waals surface area contributed by atoms with E-state index in [0.717, 1.165) is 10.9 Å². The van der Waals surface area contributed by atoms with Crippen LogP contribution in [0.3, 0.4) is 0 Å². The molecule has 1 saturated heterocycles. The van der Waals surface area contributed by atoms with E-state index in [2.05, 4.69) is 15.4 Å². The van der Waals surface area contributed by atoms with Gasteiger partial charge in [0.05, 0.1) is 41.3 Å². The molecule has 2 aliphatic heterocycles. The lowest BCUT2D eigenvalue weighted by molar-refractivity contribution is -0.146. The van der Waals surface area contributed by atoms with Crippen molar-refractivity contribution < 1.29 is 19.4 Å². The summed E-state index contributed by atoms with van der Waals surface area (Å²) in [5, 5.41) is 23.8. The molecule has 7 rings (SSSR count). The number of halogens is 1. The predicted molar refractivity (Wildman–Crippen MR) is 185 cm³/mol. The van der Waals surface area contributed by atoms with Crippen LogP contribution in [0, 0.1) is 5.92 Å². The molecule has 1 amide bonds. The van der Waals surface area contributed by atoms with Gasteiger partial charge in [-0.15, -0.1) is 5.10 Å². The van der Waals surface area contributed by atoms with Crippen LogP contribution in [0.5, 0.6) is 0 Å². The molecule has 4 heterocycles. The number of rotatable bonds is 9. The molecule has 0 bridgehead atoms. The Hall–Kier alpha value is -4.20. The minimum atomic E-state index is -2.87. The number of nitrogens with zero attached hydrogens (tertiary/aromatic N) is 6. The molecular formula is C35H37ClN6O5Si. The van der Waals surface area contributed by atoms with Gasteiger partial charge in [0.2, 0.25) is 0 Å². The Morgan fingerprint density at radius 1 is 1.06 bits per heavy atom. The van der Waals surface area contributed by atoms with E-state index in [1.807, 2.05) is 74.6 Å². The van der Waals surface area contributed by atoms with Crippen LogP contribution in [0.2, 0.25) is 23.7 Å². The zero-order valence-electron chi connectivity index (χ0n) is 27.0. The summed E-state index contributed by atoms with van der Waals surface area (Å²) in [5.74, 6) is -0.563. The number of ether oxygens (including phenoxy) is 1. The summed E-state index contributed by atoms with van der Waals surface area (Å²) in [6.45, 7) is 6.46. The number of hydrogen-bond donors (Lipinski definition) is 2. The average Bonchev–Trinajstić information content (AvgIpc) is 3.70. The number of aromatic nitrogens is 5. The van der Waals surface area contributed by atoms with E-state index >= 15 is 0 Å². The highest BCUT2D eigenvalue weighted by Gasteiger charge is 2.66. The molecule has 0 aliphatic carbocycles. The number of anilines is 1. The van der Waals surface area contributed by atoms with Crippen molar-refractivity contribution in [1.29, 1.82) is 0 Å². The number of carbonyl (C=O) groups is 1. The van der Waals surface area contributed by atoms with Gasteiger partial charge in [0.15, 0.2) is 13.9 Å². The molecule has 2 N–H and O–H groups in total. The predicted octanol–water partition coefficient (Wildman–Crippen LogP) is 4.60. The van der Waals surface area contributed by atoms with Gasteiger partial charge in [-0.1, -0.05) is 54.1 Å². The Morgan fingerprint density at radius 3 is 2.67 bits per heavy atom. The molecule has 3 aromatic carbocycles. The van der Waals surface area contributed by atoms with Crippen molar-refractivity contribution in [3.05, 3.63) is 111 Å². The summed E-state index contributed by atoms with van der Waals surface area (Å²) in [6.07, 6.45) is 3.97. The van der Waals surface area contributed by atoms with Crippen LogP contribution in [0.4, 0.5) is 5.69 Å². The Labute approximate surface area is 283 Å². The first-order valence-electron chi connectivity index (χ1n) is 16.1. The number of benzene rings is 3. The largest absolute Gasteiger partial charge is 0.432 e. The molecule has 13 heteroatoms. The van der Waals surface area contributed by atoms with Gasteiger partial charge in [0, 0.05) is 53.2 Å². The van der Waals surface area contributed by atoms with E-state index in [1.165, 1.54) is 4.68 Å². The first-order chi connectivity index (χ1) is 23.0. The maximum Gasteiger partial charge on any atom is 0.279 e. The molecule has 1 fully saturated rings. The fourth-order valence-electron chi connectivity index (χ4n) is 7.66. The number of carbonyl (C=O) groups excluding carboxylic acids is 1. The summed E-state index contributed by atoms with van der Waals surface area (Å²) in [6, 6.07) is 20.2. The summed E-state index contributed by atoms with van der Waals surface area (Å²) < 4.78 is 10.0. The molecule has 0 radical (unpaired) electrons. The first-order valence-corrected chi connectivity index (χ1v) is 19.5. The van der Waals surface area contributed by atoms with E-state index in [0.29, 0.717) is 52.4 Å². The molecule has 2 aliphatic rings. The van der Waals surface area contributed by atoms with Crippen molar-refractivity contribution in [2.45, 2.75) is 63.2 Å². The number of aliphatic hydroxyl groups excluding tert-OH is 1. The molecule has 0 saturated carbocycles. The molecule has 4 atom stereocenters. The van der Waals surface area contributed by atoms with Crippen LogP contribution in [-0.4, -0.2) is 61.6 Å². The average molecular weight is 685 g/mol. The third kappa shape index (κ3) is 5.47. The lowest BCUT2D eigenvalue weighted by Gasteiger charge is -2.32. The molecule has 48 heavy (non-hydrogen) atoms. The number of fused-ring (bicyclic) bond motifs is 3. The summed E-state index contributed by atoms with van der Waals surface area (Å²) >= 11 is 6.56. The van der Waals surface area contributed by atoms with Gasteiger partial charge in [-0.05, 0) is 61.5 Å². The Morgan fingerprint density at radius 2 is 1.88 bits per heavy atom. The first kappa shape index (κ1) is 32.3. The van der Waals surface area contributed by atoms with E-state index < -0.39 is 20.0 Å². The van der Waals surface area contributed by atoms with Crippen LogP contribution in [-0.2, 0) is 34.6 Å². The van der Waals surface area contributed by atoms with Crippen LogP contribution < -0.4 is 10.5 Å². The van der Waals surface area contributed by atoms with Crippen LogP contribution >= 0.6 is 11.6 Å². The maximum atomic E-state index is 14.8. The van der Waals surface area contributed by atoms with Gasteiger partial charge in [-0.3, -0.25) is 14.3 Å². The number of aliphatic hydroxyl groups is 1. The zero-order chi connectivity index (χ0) is 33.8. The minimum Gasteiger partial charge on any atom is -0.432 e. The molecule has 5 aromatic rings. The third-order valence-corrected chi connectivity index (χ3v) is 12.5. The lowest BCUT2D eigenvalue weighted by Crippen LogP contribution is -2.46. The van der Waals surface area contributed by atoms with Gasteiger partial charge < -0.3 is 19.5 Å². The van der Waals surface area contributed by atoms with Crippen LogP contribution in [0.15, 0.2) is 83.9 Å². The molecule has 1 spiro atoms. The maximum absolute atomic E-state index is 14.8. The molecular weight excluding hydrogens is 648 g/mol. The molecule has 0 unspecified atom stereocenters. The highest BCUT2D eigenvalue weighted by Crippen LogP contribution is 2.60. The van der Waals surface area contributed by atoms with E-state index in [9.17, 15) is 19.5 Å². The van der Waals surface area contributed by atoms with Crippen molar-refractivity contribution in [2.75, 3.05) is 11.5 Å². The Bertz CT molecular complexity index is 2080. The highest BCUT2D eigenvalue weighted by molar-refractivity contribution is 6.71. The molecule has 2 aromatic heterocycles. The number of amides is 1. The van der Waals surface area contributed by atoms with E-state index in [-0.39, 0.29) is 36.1 Å². The minimum absolute atomic E-state index is 0.0133. The van der Waals surface area contributed by atoms with Crippen molar-refractivity contribution in [3.8, 4) is 5.69 Å². The third-order valence-electron chi connectivity index (χ3n) is 9.73. The van der Waals surface area contributed by atoms with Crippen molar-refractivity contribution in [2.24, 2.45) is 5.92 Å². The topological polar surface area (TPSA) is 136 Å². The zero-order valence-corrected chi connectivity index (χ0v) is 28.7. The van der Waals surface area contributed by atoms with E-state index in [1.54, 1.807) is 34.1 Å². The monoisotopic (exact) mass is 684 g/mol. The van der Waals surface area contributed by atoms with Crippen molar-refractivity contribution in [3.63, 3.8) is 0 Å². The lowest BCUT2D eigenvalue weighted by atomic mass is 9.82.